The molecule has 33 heavy (non-hydrogen) atoms. The van der Waals surface area contributed by atoms with Crippen molar-refractivity contribution in [2.45, 2.75) is 38.6 Å². The summed E-state index contributed by atoms with van der Waals surface area (Å²) in [6.07, 6.45) is 4.63. The highest BCUT2D eigenvalue weighted by Crippen LogP contribution is 2.30. The number of para-hydroxylation sites is 1. The molecule has 0 aliphatic carbocycles. The highest BCUT2D eigenvalue weighted by molar-refractivity contribution is 6.04. The van der Waals surface area contributed by atoms with E-state index in [0.29, 0.717) is 35.7 Å². The van der Waals surface area contributed by atoms with E-state index in [4.69, 9.17) is 4.74 Å². The Labute approximate surface area is 193 Å². The van der Waals surface area contributed by atoms with Crippen molar-refractivity contribution in [3.8, 4) is 5.75 Å². The number of carbonyl (C=O) groups is 2. The van der Waals surface area contributed by atoms with E-state index in [9.17, 15) is 9.59 Å². The molecule has 1 saturated heterocycles. The molecule has 0 unspecified atom stereocenters. The molecular formula is C26H28N4O3. The number of nitrogens with zero attached hydrogens (tertiary/aromatic N) is 3. The molecule has 1 aliphatic heterocycles. The second-order valence-electron chi connectivity index (χ2n) is 8.17. The number of piperidine rings is 1. The summed E-state index contributed by atoms with van der Waals surface area (Å²) in [5.41, 5.74) is 2.65. The lowest BCUT2D eigenvalue weighted by Gasteiger charge is -2.35. The van der Waals surface area contributed by atoms with Gasteiger partial charge in [0.05, 0.1) is 30.8 Å². The van der Waals surface area contributed by atoms with Gasteiger partial charge < -0.3 is 15.0 Å². The van der Waals surface area contributed by atoms with Crippen molar-refractivity contribution in [2.24, 2.45) is 0 Å². The van der Waals surface area contributed by atoms with Crippen LogP contribution >= 0.6 is 0 Å². The number of hydrogen-bond donors (Lipinski definition) is 1. The molecule has 2 aromatic carbocycles. The summed E-state index contributed by atoms with van der Waals surface area (Å²) in [6, 6.07) is 16.7. The highest BCUT2D eigenvalue weighted by atomic mass is 16.5. The number of likely N-dealkylation sites (tertiary alicyclic amines) is 1. The van der Waals surface area contributed by atoms with Gasteiger partial charge in [-0.05, 0) is 56.0 Å². The fourth-order valence-electron chi connectivity index (χ4n) is 4.15. The third kappa shape index (κ3) is 5.37. The summed E-state index contributed by atoms with van der Waals surface area (Å²) in [5, 5.41) is 2.87. The van der Waals surface area contributed by atoms with Crippen LogP contribution in [0.4, 0.5) is 5.69 Å². The van der Waals surface area contributed by atoms with Crippen LogP contribution in [0.5, 0.6) is 5.75 Å². The van der Waals surface area contributed by atoms with E-state index in [1.807, 2.05) is 59.5 Å². The first-order chi connectivity index (χ1) is 16.0. The number of ether oxygens (including phenoxy) is 1. The summed E-state index contributed by atoms with van der Waals surface area (Å²) in [5.74, 6) is 1.11. The van der Waals surface area contributed by atoms with Gasteiger partial charge in [-0.3, -0.25) is 9.59 Å². The van der Waals surface area contributed by atoms with Gasteiger partial charge in [0.25, 0.3) is 5.91 Å². The smallest absolute Gasteiger partial charge is 0.259 e. The van der Waals surface area contributed by atoms with Gasteiger partial charge in [-0.25, -0.2) is 9.97 Å². The summed E-state index contributed by atoms with van der Waals surface area (Å²) >= 11 is 0. The molecule has 3 aromatic rings. The number of amides is 2. The number of carbonyl (C=O) groups excluding carboxylic acids is 2. The van der Waals surface area contributed by atoms with E-state index in [0.717, 1.165) is 30.6 Å². The Kier molecular flexibility index (Phi) is 6.98. The lowest BCUT2D eigenvalue weighted by atomic mass is 9.99. The molecule has 7 nitrogen and oxygen atoms in total. The predicted molar refractivity (Wildman–Crippen MR) is 126 cm³/mol. The van der Waals surface area contributed by atoms with Gasteiger partial charge in [-0.15, -0.1) is 0 Å². The van der Waals surface area contributed by atoms with Gasteiger partial charge in [0, 0.05) is 18.4 Å². The lowest BCUT2D eigenvalue weighted by Crippen LogP contribution is -2.40. The second kappa shape index (κ2) is 10.3. The minimum Gasteiger partial charge on any atom is -0.497 e. The largest absolute Gasteiger partial charge is 0.497 e. The van der Waals surface area contributed by atoms with E-state index in [1.165, 1.54) is 0 Å². The minimum atomic E-state index is -0.250. The van der Waals surface area contributed by atoms with E-state index in [1.54, 1.807) is 20.2 Å². The van der Waals surface area contributed by atoms with Gasteiger partial charge in [-0.2, -0.15) is 0 Å². The number of nitrogens with one attached hydrogen (secondary N) is 1. The van der Waals surface area contributed by atoms with Gasteiger partial charge in [0.15, 0.2) is 5.82 Å². The van der Waals surface area contributed by atoms with Gasteiger partial charge in [-0.1, -0.05) is 30.3 Å². The van der Waals surface area contributed by atoms with Crippen LogP contribution in [0.15, 0.2) is 60.8 Å². The molecule has 2 heterocycles. The van der Waals surface area contributed by atoms with E-state index in [-0.39, 0.29) is 17.9 Å². The molecule has 0 spiro atoms. The van der Waals surface area contributed by atoms with Crippen LogP contribution in [-0.2, 0) is 11.2 Å². The molecule has 0 saturated carbocycles. The molecule has 2 amide bonds. The van der Waals surface area contributed by atoms with Crippen LogP contribution in [0.25, 0.3) is 0 Å². The van der Waals surface area contributed by atoms with Gasteiger partial charge >= 0.3 is 0 Å². The molecule has 1 atom stereocenters. The molecule has 1 fully saturated rings. The Morgan fingerprint density at radius 3 is 2.70 bits per heavy atom. The number of rotatable bonds is 6. The van der Waals surface area contributed by atoms with Crippen molar-refractivity contribution in [1.29, 1.82) is 0 Å². The molecule has 4 rings (SSSR count). The zero-order valence-electron chi connectivity index (χ0n) is 19.0. The first-order valence-corrected chi connectivity index (χ1v) is 11.2. The van der Waals surface area contributed by atoms with Crippen molar-refractivity contribution < 1.29 is 14.3 Å². The third-order valence-electron chi connectivity index (χ3n) is 5.88. The third-order valence-corrected chi connectivity index (χ3v) is 5.88. The molecule has 1 N–H and O–H groups in total. The van der Waals surface area contributed by atoms with Crippen molar-refractivity contribution in [2.75, 3.05) is 19.0 Å². The SMILES string of the molecule is COc1cccc(CC(=O)N2CCCC[C@@H]2c2ncc(C(=O)Nc3ccccc3)c(C)n2)c1. The maximum atomic E-state index is 13.2. The Hall–Kier alpha value is -3.74. The Morgan fingerprint density at radius 1 is 1.12 bits per heavy atom. The van der Waals surface area contributed by atoms with Gasteiger partial charge in [0.2, 0.25) is 5.91 Å². The van der Waals surface area contributed by atoms with Crippen LogP contribution < -0.4 is 10.1 Å². The molecule has 1 aromatic heterocycles. The quantitative estimate of drug-likeness (QED) is 0.611. The topological polar surface area (TPSA) is 84.4 Å². The van der Waals surface area contributed by atoms with Gasteiger partial charge in [0.1, 0.15) is 5.75 Å². The summed E-state index contributed by atoms with van der Waals surface area (Å²) < 4.78 is 5.28. The monoisotopic (exact) mass is 444 g/mol. The van der Waals surface area contributed by atoms with Crippen LogP contribution in [0.1, 0.15) is 52.7 Å². The second-order valence-corrected chi connectivity index (χ2v) is 8.17. The number of aromatic nitrogens is 2. The van der Waals surface area contributed by atoms with E-state index in [2.05, 4.69) is 15.3 Å². The van der Waals surface area contributed by atoms with E-state index >= 15 is 0 Å². The van der Waals surface area contributed by atoms with Crippen molar-refractivity contribution in [3.05, 3.63) is 83.4 Å². The zero-order valence-corrected chi connectivity index (χ0v) is 19.0. The zero-order chi connectivity index (χ0) is 23.2. The number of aryl methyl sites for hydroxylation is 1. The fraction of sp³-hybridized carbons (Fsp3) is 0.308. The normalized spacial score (nSPS) is 15.7. The number of hydrogen-bond acceptors (Lipinski definition) is 5. The van der Waals surface area contributed by atoms with E-state index < -0.39 is 0 Å². The Morgan fingerprint density at radius 2 is 1.94 bits per heavy atom. The lowest BCUT2D eigenvalue weighted by molar-refractivity contribution is -0.134. The molecular weight excluding hydrogens is 416 g/mol. The highest BCUT2D eigenvalue weighted by Gasteiger charge is 2.30. The first-order valence-electron chi connectivity index (χ1n) is 11.2. The molecule has 0 radical (unpaired) electrons. The number of benzene rings is 2. The summed E-state index contributed by atoms with van der Waals surface area (Å²) in [7, 11) is 1.62. The molecule has 0 bridgehead atoms. The summed E-state index contributed by atoms with van der Waals surface area (Å²) in [6.45, 7) is 2.47. The Bertz CT molecular complexity index is 1130. The summed E-state index contributed by atoms with van der Waals surface area (Å²) in [4.78, 5) is 36.9. The molecule has 1 aliphatic rings. The van der Waals surface area contributed by atoms with Crippen molar-refractivity contribution >= 4 is 17.5 Å². The number of anilines is 1. The molecule has 7 heteroatoms. The maximum absolute atomic E-state index is 13.2. The standard InChI is InChI=1S/C26H28N4O3/c1-18-22(26(32)29-20-10-4-3-5-11-20)17-27-25(28-18)23-13-6-7-14-30(23)24(31)16-19-9-8-12-21(15-19)33-2/h3-5,8-12,15,17,23H,6-7,13-14,16H2,1-2H3,(H,29,32)/t23-/m1/s1. The van der Waals surface area contributed by atoms with Crippen LogP contribution in [0, 0.1) is 6.92 Å². The van der Waals surface area contributed by atoms with Crippen LogP contribution in [0.2, 0.25) is 0 Å². The first kappa shape index (κ1) is 22.5. The molecule has 170 valence electrons. The fourth-order valence-corrected chi connectivity index (χ4v) is 4.15. The maximum Gasteiger partial charge on any atom is 0.259 e. The van der Waals surface area contributed by atoms with Crippen molar-refractivity contribution in [1.82, 2.24) is 14.9 Å². The van der Waals surface area contributed by atoms with Crippen LogP contribution in [-0.4, -0.2) is 40.3 Å². The average molecular weight is 445 g/mol. The predicted octanol–water partition coefficient (Wildman–Crippen LogP) is 4.34. The van der Waals surface area contributed by atoms with Crippen LogP contribution in [0.3, 0.4) is 0 Å². The minimum absolute atomic E-state index is 0.0418. The van der Waals surface area contributed by atoms with Crippen molar-refractivity contribution in [3.63, 3.8) is 0 Å². The average Bonchev–Trinajstić information content (AvgIpc) is 2.84. The number of methoxy groups -OCH3 is 1. The Balaban J connectivity index is 1.50.